The molecule has 3 aliphatic rings. The SMILES string of the molecule is Cl.Cn1cc(CN(C(=O)c2cc3c(s2)CCOC32CCNCC2)C2CC2)cn1. The van der Waals surface area contributed by atoms with Gasteiger partial charge in [0.05, 0.1) is 23.3 Å². The molecule has 2 aliphatic heterocycles. The van der Waals surface area contributed by atoms with Crippen LogP contribution in [0.25, 0.3) is 0 Å². The fourth-order valence-electron chi connectivity index (χ4n) is 4.41. The van der Waals surface area contributed by atoms with Crippen molar-refractivity contribution in [3.63, 3.8) is 0 Å². The van der Waals surface area contributed by atoms with Gasteiger partial charge in [0, 0.05) is 42.7 Å². The normalized spacial score (nSPS) is 20.5. The zero-order valence-corrected chi connectivity index (χ0v) is 17.8. The van der Waals surface area contributed by atoms with Crippen LogP contribution in [0.1, 0.15) is 51.4 Å². The van der Waals surface area contributed by atoms with E-state index in [9.17, 15) is 4.79 Å². The van der Waals surface area contributed by atoms with Gasteiger partial charge in [-0.15, -0.1) is 23.7 Å². The molecule has 1 saturated carbocycles. The summed E-state index contributed by atoms with van der Waals surface area (Å²) in [5, 5.41) is 7.68. The lowest BCUT2D eigenvalue weighted by atomic mass is 9.83. The third kappa shape index (κ3) is 3.61. The Morgan fingerprint density at radius 2 is 2.21 bits per heavy atom. The summed E-state index contributed by atoms with van der Waals surface area (Å²) in [6.07, 6.45) is 8.98. The van der Waals surface area contributed by atoms with E-state index in [0.29, 0.717) is 12.6 Å². The number of rotatable bonds is 4. The molecule has 0 radical (unpaired) electrons. The van der Waals surface area contributed by atoms with E-state index in [2.05, 4.69) is 16.5 Å². The third-order valence-corrected chi connectivity index (χ3v) is 7.17. The first kappa shape index (κ1) is 19.9. The van der Waals surface area contributed by atoms with E-state index in [1.54, 1.807) is 16.0 Å². The van der Waals surface area contributed by atoms with E-state index in [-0.39, 0.29) is 23.9 Å². The molecular weight excluding hydrogens is 396 g/mol. The van der Waals surface area contributed by atoms with Gasteiger partial charge >= 0.3 is 0 Å². The molecule has 1 N–H and O–H groups in total. The highest BCUT2D eigenvalue weighted by Crippen LogP contribution is 2.44. The molecule has 0 atom stereocenters. The van der Waals surface area contributed by atoms with E-state index in [0.717, 1.165) is 62.2 Å². The van der Waals surface area contributed by atoms with Crippen molar-refractivity contribution in [2.45, 2.75) is 50.3 Å². The lowest BCUT2D eigenvalue weighted by Gasteiger charge is -2.40. The second kappa shape index (κ2) is 7.78. The van der Waals surface area contributed by atoms with Crippen LogP contribution in [0.5, 0.6) is 0 Å². The number of aryl methyl sites for hydroxylation is 1. The maximum absolute atomic E-state index is 13.4. The number of hydrogen-bond acceptors (Lipinski definition) is 5. The lowest BCUT2D eigenvalue weighted by molar-refractivity contribution is -0.0792. The van der Waals surface area contributed by atoms with Crippen LogP contribution in [0.4, 0.5) is 0 Å². The highest BCUT2D eigenvalue weighted by atomic mass is 35.5. The fourth-order valence-corrected chi connectivity index (χ4v) is 5.60. The molecule has 1 aliphatic carbocycles. The van der Waals surface area contributed by atoms with Gasteiger partial charge < -0.3 is 15.0 Å². The minimum absolute atomic E-state index is 0. The average Bonchev–Trinajstić information content (AvgIpc) is 3.28. The van der Waals surface area contributed by atoms with Gasteiger partial charge in [-0.2, -0.15) is 5.10 Å². The Hall–Kier alpha value is -1.41. The average molecular weight is 423 g/mol. The number of nitrogens with one attached hydrogen (secondary N) is 1. The molecular formula is C20H27ClN4O2S. The Morgan fingerprint density at radius 1 is 1.43 bits per heavy atom. The van der Waals surface area contributed by atoms with Crippen molar-refractivity contribution in [1.29, 1.82) is 0 Å². The quantitative estimate of drug-likeness (QED) is 0.823. The first-order valence-corrected chi connectivity index (χ1v) is 10.7. The van der Waals surface area contributed by atoms with Gasteiger partial charge in [0.25, 0.3) is 5.91 Å². The molecule has 2 aromatic heterocycles. The smallest absolute Gasteiger partial charge is 0.264 e. The summed E-state index contributed by atoms with van der Waals surface area (Å²) in [7, 11) is 1.92. The van der Waals surface area contributed by atoms with Crippen molar-refractivity contribution in [1.82, 2.24) is 20.0 Å². The topological polar surface area (TPSA) is 59.4 Å². The number of halogens is 1. The Kier molecular flexibility index (Phi) is 5.53. The van der Waals surface area contributed by atoms with Crippen LogP contribution in [0.3, 0.4) is 0 Å². The first-order valence-electron chi connectivity index (χ1n) is 9.91. The van der Waals surface area contributed by atoms with Gasteiger partial charge in [-0.25, -0.2) is 0 Å². The minimum atomic E-state index is -0.179. The predicted molar refractivity (Wildman–Crippen MR) is 111 cm³/mol. The number of hydrogen-bond donors (Lipinski definition) is 1. The molecule has 1 amide bonds. The van der Waals surface area contributed by atoms with Crippen LogP contribution in [0, 0.1) is 0 Å². The predicted octanol–water partition coefficient (Wildman–Crippen LogP) is 2.86. The van der Waals surface area contributed by atoms with Crippen LogP contribution in [0.2, 0.25) is 0 Å². The molecule has 4 heterocycles. The Morgan fingerprint density at radius 3 is 2.89 bits per heavy atom. The lowest BCUT2D eigenvalue weighted by Crippen LogP contribution is -2.44. The minimum Gasteiger partial charge on any atom is -0.370 e. The highest BCUT2D eigenvalue weighted by Gasteiger charge is 2.42. The molecule has 28 heavy (non-hydrogen) atoms. The molecule has 1 spiro atoms. The number of thiophene rings is 1. The maximum Gasteiger partial charge on any atom is 0.264 e. The number of carbonyl (C=O) groups excluding carboxylic acids is 1. The third-order valence-electron chi connectivity index (χ3n) is 5.99. The zero-order chi connectivity index (χ0) is 18.4. The van der Waals surface area contributed by atoms with Gasteiger partial charge in [0.1, 0.15) is 0 Å². The molecule has 2 aromatic rings. The summed E-state index contributed by atoms with van der Waals surface area (Å²) >= 11 is 1.69. The molecule has 0 unspecified atom stereocenters. The van der Waals surface area contributed by atoms with Crippen molar-refractivity contribution < 1.29 is 9.53 Å². The molecule has 8 heteroatoms. The summed E-state index contributed by atoms with van der Waals surface area (Å²) in [6.45, 7) is 3.37. The molecule has 2 fully saturated rings. The maximum atomic E-state index is 13.4. The zero-order valence-electron chi connectivity index (χ0n) is 16.1. The van der Waals surface area contributed by atoms with Gasteiger partial charge in [-0.1, -0.05) is 0 Å². The number of fused-ring (bicyclic) bond motifs is 2. The Labute approximate surface area is 175 Å². The number of carbonyl (C=O) groups is 1. The Bertz CT molecular complexity index is 854. The molecule has 1 saturated heterocycles. The Balaban J connectivity index is 0.00000192. The van der Waals surface area contributed by atoms with Crippen LogP contribution < -0.4 is 5.32 Å². The van der Waals surface area contributed by atoms with Gasteiger partial charge in [0.15, 0.2) is 0 Å². The van der Waals surface area contributed by atoms with E-state index in [1.807, 2.05) is 24.3 Å². The van der Waals surface area contributed by atoms with E-state index in [1.165, 1.54) is 10.4 Å². The number of aromatic nitrogens is 2. The summed E-state index contributed by atoms with van der Waals surface area (Å²) < 4.78 is 8.07. The van der Waals surface area contributed by atoms with Gasteiger partial charge in [-0.05, 0) is 50.4 Å². The standard InChI is InChI=1S/C20H26N4O2S.ClH/c1-23-12-14(11-22-23)13-24(15-2-3-15)19(25)18-10-16-17(27-18)4-9-26-20(16)5-7-21-8-6-20;/h10-12,15,21H,2-9,13H2,1H3;1H. The van der Waals surface area contributed by atoms with Gasteiger partial charge in [0.2, 0.25) is 0 Å². The summed E-state index contributed by atoms with van der Waals surface area (Å²) in [5.41, 5.74) is 2.19. The number of amides is 1. The second-order valence-electron chi connectivity index (χ2n) is 7.98. The summed E-state index contributed by atoms with van der Waals surface area (Å²) in [6, 6.07) is 2.52. The van der Waals surface area contributed by atoms with Crippen molar-refractivity contribution in [2.75, 3.05) is 19.7 Å². The van der Waals surface area contributed by atoms with Crippen LogP contribution >= 0.6 is 23.7 Å². The van der Waals surface area contributed by atoms with Crippen LogP contribution in [0.15, 0.2) is 18.5 Å². The highest BCUT2D eigenvalue weighted by molar-refractivity contribution is 7.14. The monoisotopic (exact) mass is 422 g/mol. The number of nitrogens with zero attached hydrogens (tertiary/aromatic N) is 3. The van der Waals surface area contributed by atoms with E-state index in [4.69, 9.17) is 4.74 Å². The van der Waals surface area contributed by atoms with Crippen molar-refractivity contribution in [3.05, 3.63) is 39.3 Å². The summed E-state index contributed by atoms with van der Waals surface area (Å²) in [4.78, 5) is 17.7. The van der Waals surface area contributed by atoms with E-state index < -0.39 is 0 Å². The number of piperidine rings is 1. The molecule has 6 nitrogen and oxygen atoms in total. The van der Waals surface area contributed by atoms with Crippen molar-refractivity contribution >= 4 is 29.7 Å². The molecule has 152 valence electrons. The molecule has 0 aromatic carbocycles. The van der Waals surface area contributed by atoms with Crippen LogP contribution in [-0.2, 0) is 30.4 Å². The van der Waals surface area contributed by atoms with E-state index >= 15 is 0 Å². The van der Waals surface area contributed by atoms with Crippen molar-refractivity contribution in [3.8, 4) is 0 Å². The fraction of sp³-hybridized carbons (Fsp3) is 0.600. The van der Waals surface area contributed by atoms with Crippen molar-refractivity contribution in [2.24, 2.45) is 7.05 Å². The summed E-state index contributed by atoms with van der Waals surface area (Å²) in [5.74, 6) is 0.171. The molecule has 5 rings (SSSR count). The first-order chi connectivity index (χ1) is 13.1. The largest absolute Gasteiger partial charge is 0.370 e. The molecule has 0 bridgehead atoms. The number of ether oxygens (including phenoxy) is 1. The van der Waals surface area contributed by atoms with Gasteiger partial charge in [-0.3, -0.25) is 9.48 Å². The second-order valence-corrected chi connectivity index (χ2v) is 9.11. The van der Waals surface area contributed by atoms with Crippen LogP contribution in [-0.4, -0.2) is 46.3 Å².